The molecule has 0 saturated carbocycles. The number of ether oxygens (including phenoxy) is 2. The van der Waals surface area contributed by atoms with Crippen molar-refractivity contribution in [3.8, 4) is 5.75 Å². The highest BCUT2D eigenvalue weighted by Gasteiger charge is 2.17. The summed E-state index contributed by atoms with van der Waals surface area (Å²) < 4.78 is 10.9. The van der Waals surface area contributed by atoms with Gasteiger partial charge in [0.25, 0.3) is 0 Å². The van der Waals surface area contributed by atoms with Crippen molar-refractivity contribution in [3.05, 3.63) is 45.7 Å². The minimum Gasteiger partial charge on any atom is -0.487 e. The standard InChI is InChI=1S/C18H21Cl2N3O3/c1-10-8-22-16(20)12(15(10)19)9-25-14-6-5-11(7-13(14)21)23-17(24)26-18(2,3)4/h5-8H,9,21H2,1-4H3,(H,23,24). The van der Waals surface area contributed by atoms with E-state index in [2.05, 4.69) is 10.3 Å². The van der Waals surface area contributed by atoms with Crippen LogP contribution in [0.4, 0.5) is 16.2 Å². The number of amides is 1. The molecular formula is C18H21Cl2N3O3. The summed E-state index contributed by atoms with van der Waals surface area (Å²) in [5, 5.41) is 3.40. The van der Waals surface area contributed by atoms with Crippen LogP contribution in [-0.4, -0.2) is 16.7 Å². The van der Waals surface area contributed by atoms with Crippen molar-refractivity contribution in [2.75, 3.05) is 11.1 Å². The molecule has 0 aliphatic carbocycles. The number of nitrogen functional groups attached to an aromatic ring is 1. The summed E-state index contributed by atoms with van der Waals surface area (Å²) in [6.07, 6.45) is 1.04. The van der Waals surface area contributed by atoms with Crippen molar-refractivity contribution in [1.82, 2.24) is 4.98 Å². The largest absolute Gasteiger partial charge is 0.487 e. The number of halogens is 2. The maximum absolute atomic E-state index is 11.8. The van der Waals surface area contributed by atoms with Crippen LogP contribution >= 0.6 is 23.2 Å². The summed E-state index contributed by atoms with van der Waals surface area (Å²) in [6.45, 7) is 7.31. The molecule has 1 aromatic carbocycles. The highest BCUT2D eigenvalue weighted by atomic mass is 35.5. The van der Waals surface area contributed by atoms with Gasteiger partial charge in [-0.2, -0.15) is 0 Å². The molecule has 140 valence electrons. The third-order valence-electron chi connectivity index (χ3n) is 3.26. The molecule has 0 bridgehead atoms. The van der Waals surface area contributed by atoms with E-state index in [0.29, 0.717) is 27.7 Å². The predicted molar refractivity (Wildman–Crippen MR) is 104 cm³/mol. The molecule has 0 unspecified atom stereocenters. The lowest BCUT2D eigenvalue weighted by Gasteiger charge is -2.20. The lowest BCUT2D eigenvalue weighted by Crippen LogP contribution is -2.27. The topological polar surface area (TPSA) is 86.5 Å². The van der Waals surface area contributed by atoms with Crippen LogP contribution in [0.3, 0.4) is 0 Å². The first kappa shape index (κ1) is 20.1. The van der Waals surface area contributed by atoms with Gasteiger partial charge in [-0.15, -0.1) is 0 Å². The Kier molecular flexibility index (Phi) is 6.21. The minimum atomic E-state index is -0.584. The van der Waals surface area contributed by atoms with Crippen LogP contribution in [0.15, 0.2) is 24.4 Å². The highest BCUT2D eigenvalue weighted by molar-refractivity contribution is 6.35. The van der Waals surface area contributed by atoms with Crippen molar-refractivity contribution in [2.24, 2.45) is 0 Å². The van der Waals surface area contributed by atoms with Gasteiger partial charge < -0.3 is 15.2 Å². The number of carbonyl (C=O) groups excluding carboxylic acids is 1. The third-order valence-corrected chi connectivity index (χ3v) is 4.11. The molecule has 1 amide bonds. The quantitative estimate of drug-likeness (QED) is 0.546. The Hall–Kier alpha value is -2.18. The maximum atomic E-state index is 11.8. The van der Waals surface area contributed by atoms with Crippen molar-refractivity contribution in [2.45, 2.75) is 39.9 Å². The average molecular weight is 398 g/mol. The van der Waals surface area contributed by atoms with E-state index in [4.69, 9.17) is 38.4 Å². The number of hydrogen-bond acceptors (Lipinski definition) is 5. The molecule has 0 saturated heterocycles. The summed E-state index contributed by atoms with van der Waals surface area (Å²) in [5.41, 5.74) is 7.65. The average Bonchev–Trinajstić information content (AvgIpc) is 2.51. The molecule has 0 atom stereocenters. The zero-order valence-electron chi connectivity index (χ0n) is 15.0. The molecule has 2 aromatic rings. The van der Waals surface area contributed by atoms with Gasteiger partial charge in [-0.1, -0.05) is 23.2 Å². The van der Waals surface area contributed by atoms with E-state index in [0.717, 1.165) is 5.56 Å². The monoisotopic (exact) mass is 397 g/mol. The fourth-order valence-electron chi connectivity index (χ4n) is 2.07. The second-order valence-corrected chi connectivity index (χ2v) is 7.43. The van der Waals surface area contributed by atoms with Crippen molar-refractivity contribution in [1.29, 1.82) is 0 Å². The van der Waals surface area contributed by atoms with E-state index < -0.39 is 11.7 Å². The molecule has 8 heteroatoms. The maximum Gasteiger partial charge on any atom is 0.412 e. The Balaban J connectivity index is 2.07. The first-order valence-corrected chi connectivity index (χ1v) is 8.64. The summed E-state index contributed by atoms with van der Waals surface area (Å²) in [7, 11) is 0. The van der Waals surface area contributed by atoms with Gasteiger partial charge in [0.1, 0.15) is 23.1 Å². The fourth-order valence-corrected chi connectivity index (χ4v) is 2.51. The number of anilines is 2. The first-order chi connectivity index (χ1) is 12.1. The smallest absolute Gasteiger partial charge is 0.412 e. The second-order valence-electron chi connectivity index (χ2n) is 6.69. The molecule has 3 N–H and O–H groups in total. The van der Waals surface area contributed by atoms with Crippen LogP contribution in [0.5, 0.6) is 5.75 Å². The Labute approximate surface area is 162 Å². The molecule has 0 aliphatic heterocycles. The zero-order chi connectivity index (χ0) is 19.5. The number of nitrogens with two attached hydrogens (primary N) is 1. The van der Waals surface area contributed by atoms with Gasteiger partial charge in [-0.05, 0) is 51.5 Å². The molecule has 1 aromatic heterocycles. The van der Waals surface area contributed by atoms with Crippen LogP contribution in [0.25, 0.3) is 0 Å². The van der Waals surface area contributed by atoms with Crippen LogP contribution in [0, 0.1) is 6.92 Å². The predicted octanol–water partition coefficient (Wildman–Crippen LogP) is 5.21. The number of hydrogen-bond donors (Lipinski definition) is 2. The zero-order valence-corrected chi connectivity index (χ0v) is 16.5. The number of nitrogens with zero attached hydrogens (tertiary/aromatic N) is 1. The number of pyridine rings is 1. The lowest BCUT2D eigenvalue weighted by atomic mass is 10.2. The number of aromatic nitrogens is 1. The summed E-state index contributed by atoms with van der Waals surface area (Å²) >= 11 is 12.3. The van der Waals surface area contributed by atoms with Crippen LogP contribution in [0.1, 0.15) is 31.9 Å². The Morgan fingerprint density at radius 2 is 2.00 bits per heavy atom. The van der Waals surface area contributed by atoms with Gasteiger partial charge in [0.05, 0.1) is 10.7 Å². The lowest BCUT2D eigenvalue weighted by molar-refractivity contribution is 0.0636. The molecule has 1 heterocycles. The number of benzene rings is 1. The van der Waals surface area contributed by atoms with E-state index in [9.17, 15) is 4.79 Å². The molecular weight excluding hydrogens is 377 g/mol. The normalized spacial score (nSPS) is 11.2. The molecule has 0 spiro atoms. The molecule has 0 fully saturated rings. The minimum absolute atomic E-state index is 0.120. The first-order valence-electron chi connectivity index (χ1n) is 7.88. The van der Waals surface area contributed by atoms with Gasteiger partial charge in [-0.25, -0.2) is 9.78 Å². The number of rotatable bonds is 4. The third kappa shape index (κ3) is 5.41. The summed E-state index contributed by atoms with van der Waals surface area (Å²) in [4.78, 5) is 15.9. The molecule has 0 radical (unpaired) electrons. The Morgan fingerprint density at radius 1 is 1.31 bits per heavy atom. The van der Waals surface area contributed by atoms with Crippen molar-refractivity contribution in [3.63, 3.8) is 0 Å². The summed E-state index contributed by atoms with van der Waals surface area (Å²) in [5.74, 6) is 0.438. The molecule has 26 heavy (non-hydrogen) atoms. The molecule has 2 rings (SSSR count). The number of nitrogens with one attached hydrogen (secondary N) is 1. The van der Waals surface area contributed by atoms with Crippen LogP contribution in [0.2, 0.25) is 10.2 Å². The fraction of sp³-hybridized carbons (Fsp3) is 0.333. The Bertz CT molecular complexity index is 820. The van der Waals surface area contributed by atoms with E-state index in [1.807, 2.05) is 6.92 Å². The van der Waals surface area contributed by atoms with Gasteiger partial charge in [-0.3, -0.25) is 5.32 Å². The summed E-state index contributed by atoms with van der Waals surface area (Å²) in [6, 6.07) is 4.89. The van der Waals surface area contributed by atoms with Gasteiger partial charge in [0.15, 0.2) is 0 Å². The number of aryl methyl sites for hydroxylation is 1. The Morgan fingerprint density at radius 3 is 2.62 bits per heavy atom. The number of carbonyl (C=O) groups is 1. The van der Waals surface area contributed by atoms with Crippen LogP contribution < -0.4 is 15.8 Å². The second kappa shape index (κ2) is 8.01. The van der Waals surface area contributed by atoms with Crippen molar-refractivity contribution >= 4 is 40.7 Å². The van der Waals surface area contributed by atoms with Gasteiger partial charge in [0.2, 0.25) is 0 Å². The molecule has 0 aliphatic rings. The van der Waals surface area contributed by atoms with Crippen molar-refractivity contribution < 1.29 is 14.3 Å². The van der Waals surface area contributed by atoms with E-state index >= 15 is 0 Å². The van der Waals surface area contributed by atoms with E-state index in [1.54, 1.807) is 45.2 Å². The van der Waals surface area contributed by atoms with E-state index in [1.165, 1.54) is 0 Å². The van der Waals surface area contributed by atoms with Crippen LogP contribution in [-0.2, 0) is 11.3 Å². The highest BCUT2D eigenvalue weighted by Crippen LogP contribution is 2.30. The van der Waals surface area contributed by atoms with Gasteiger partial charge >= 0.3 is 6.09 Å². The molecule has 6 nitrogen and oxygen atoms in total. The van der Waals surface area contributed by atoms with Gasteiger partial charge in [0, 0.05) is 17.4 Å². The van der Waals surface area contributed by atoms with E-state index in [-0.39, 0.29) is 11.8 Å². The SMILES string of the molecule is Cc1cnc(Cl)c(COc2ccc(NC(=O)OC(C)(C)C)cc2N)c1Cl.